The number of thioether (sulfide) groups is 1. The second-order valence-electron chi connectivity index (χ2n) is 3.73. The number of pyridine rings is 1. The van der Waals surface area contributed by atoms with Crippen LogP contribution in [0.2, 0.25) is 10.0 Å². The van der Waals surface area contributed by atoms with Gasteiger partial charge in [-0.3, -0.25) is 4.79 Å². The molecule has 3 nitrogen and oxygen atoms in total. The number of nitrogen functional groups attached to an aromatic ring is 1. The van der Waals surface area contributed by atoms with E-state index in [0.717, 1.165) is 4.90 Å². The molecule has 98 valence electrons. The summed E-state index contributed by atoms with van der Waals surface area (Å²) in [6.07, 6.45) is 1.41. The summed E-state index contributed by atoms with van der Waals surface area (Å²) in [6.45, 7) is 0. The molecule has 1 heterocycles. The number of anilines is 1. The molecular formula is C13H10Cl2N2OS. The van der Waals surface area contributed by atoms with Crippen LogP contribution in [0, 0.1) is 0 Å². The van der Waals surface area contributed by atoms with Gasteiger partial charge in [0.05, 0.1) is 21.4 Å². The van der Waals surface area contributed by atoms with Crippen molar-refractivity contribution in [3.05, 3.63) is 52.1 Å². The molecule has 0 spiro atoms. The van der Waals surface area contributed by atoms with E-state index in [1.807, 2.05) is 18.2 Å². The van der Waals surface area contributed by atoms with Crippen molar-refractivity contribution in [3.63, 3.8) is 0 Å². The third kappa shape index (κ3) is 3.62. The molecule has 19 heavy (non-hydrogen) atoms. The number of nitrogens with two attached hydrogens (primary N) is 1. The van der Waals surface area contributed by atoms with Gasteiger partial charge in [0.15, 0.2) is 5.78 Å². The van der Waals surface area contributed by atoms with E-state index in [9.17, 15) is 4.79 Å². The fourth-order valence-electron chi connectivity index (χ4n) is 1.46. The van der Waals surface area contributed by atoms with Crippen LogP contribution in [0.25, 0.3) is 0 Å². The number of rotatable bonds is 4. The first-order valence-corrected chi connectivity index (χ1v) is 7.13. The highest BCUT2D eigenvalue weighted by Crippen LogP contribution is 2.27. The molecule has 0 saturated carbocycles. The molecule has 1 aromatic carbocycles. The molecule has 1 aromatic heterocycles. The summed E-state index contributed by atoms with van der Waals surface area (Å²) in [5.74, 6) is 0.294. The maximum atomic E-state index is 12.1. The Kier molecular flexibility index (Phi) is 4.69. The smallest absolute Gasteiger partial charge is 0.176 e. The molecule has 0 bridgehead atoms. The van der Waals surface area contributed by atoms with E-state index in [0.29, 0.717) is 15.6 Å². The summed E-state index contributed by atoms with van der Waals surface area (Å²) in [5.41, 5.74) is 6.00. The molecule has 0 aliphatic carbocycles. The lowest BCUT2D eigenvalue weighted by Crippen LogP contribution is -2.07. The van der Waals surface area contributed by atoms with Gasteiger partial charge in [-0.15, -0.1) is 11.8 Å². The van der Waals surface area contributed by atoms with Crippen molar-refractivity contribution in [2.75, 3.05) is 11.5 Å². The molecule has 0 fully saturated rings. The van der Waals surface area contributed by atoms with Gasteiger partial charge >= 0.3 is 0 Å². The number of hydrogen-bond acceptors (Lipinski definition) is 4. The van der Waals surface area contributed by atoms with Gasteiger partial charge in [-0.2, -0.15) is 0 Å². The maximum absolute atomic E-state index is 12.1. The van der Waals surface area contributed by atoms with Crippen molar-refractivity contribution < 1.29 is 4.79 Å². The molecule has 2 aromatic rings. The van der Waals surface area contributed by atoms with Gasteiger partial charge in [0, 0.05) is 11.1 Å². The number of aromatic nitrogens is 1. The highest BCUT2D eigenvalue weighted by atomic mass is 35.5. The Balaban J connectivity index is 2.10. The fourth-order valence-corrected chi connectivity index (χ4v) is 2.74. The maximum Gasteiger partial charge on any atom is 0.176 e. The van der Waals surface area contributed by atoms with Crippen LogP contribution in [0.4, 0.5) is 5.82 Å². The Morgan fingerprint density at radius 2 is 2.05 bits per heavy atom. The van der Waals surface area contributed by atoms with Gasteiger partial charge in [-0.25, -0.2) is 4.98 Å². The second-order valence-corrected chi connectivity index (χ2v) is 5.59. The van der Waals surface area contributed by atoms with E-state index < -0.39 is 0 Å². The van der Waals surface area contributed by atoms with Crippen LogP contribution >= 0.6 is 35.0 Å². The summed E-state index contributed by atoms with van der Waals surface area (Å²) in [6, 6.07) is 8.88. The molecule has 0 aliphatic rings. The van der Waals surface area contributed by atoms with E-state index in [-0.39, 0.29) is 17.4 Å². The van der Waals surface area contributed by atoms with Crippen LogP contribution in [0.5, 0.6) is 0 Å². The molecule has 0 atom stereocenters. The van der Waals surface area contributed by atoms with Gasteiger partial charge in [0.2, 0.25) is 0 Å². The fraction of sp³-hybridized carbons (Fsp3) is 0.0769. The standard InChI is InChI=1S/C13H10Cl2N2OS/c14-8-5-9(13(16)17-6-8)11(18)7-19-12-4-2-1-3-10(12)15/h1-6H,7H2,(H2,16,17). The van der Waals surface area contributed by atoms with Gasteiger partial charge in [-0.1, -0.05) is 35.3 Å². The van der Waals surface area contributed by atoms with E-state index in [1.54, 1.807) is 6.07 Å². The van der Waals surface area contributed by atoms with Crippen molar-refractivity contribution in [2.45, 2.75) is 4.90 Å². The van der Waals surface area contributed by atoms with Crippen LogP contribution in [-0.2, 0) is 0 Å². The summed E-state index contributed by atoms with van der Waals surface area (Å²) in [4.78, 5) is 16.8. The minimum atomic E-state index is -0.127. The molecule has 6 heteroatoms. The number of carbonyl (C=O) groups is 1. The molecule has 0 saturated heterocycles. The normalized spacial score (nSPS) is 10.4. The van der Waals surface area contributed by atoms with Crippen LogP contribution in [0.15, 0.2) is 41.4 Å². The summed E-state index contributed by atoms with van der Waals surface area (Å²) in [7, 11) is 0. The average Bonchev–Trinajstić information content (AvgIpc) is 2.40. The quantitative estimate of drug-likeness (QED) is 0.686. The van der Waals surface area contributed by atoms with Gasteiger partial charge in [0.1, 0.15) is 5.82 Å². The molecule has 0 amide bonds. The number of benzene rings is 1. The highest BCUT2D eigenvalue weighted by molar-refractivity contribution is 8.00. The molecule has 2 rings (SSSR count). The SMILES string of the molecule is Nc1ncc(Cl)cc1C(=O)CSc1ccccc1Cl. The van der Waals surface area contributed by atoms with Crippen molar-refractivity contribution >= 4 is 46.6 Å². The Labute approximate surface area is 125 Å². The minimum absolute atomic E-state index is 0.127. The number of ketones is 1. The highest BCUT2D eigenvalue weighted by Gasteiger charge is 2.12. The molecule has 2 N–H and O–H groups in total. The third-order valence-corrected chi connectivity index (χ3v) is 4.10. The minimum Gasteiger partial charge on any atom is -0.383 e. The zero-order chi connectivity index (χ0) is 13.8. The number of carbonyl (C=O) groups excluding carboxylic acids is 1. The third-order valence-electron chi connectivity index (χ3n) is 2.38. The van der Waals surface area contributed by atoms with Gasteiger partial charge in [-0.05, 0) is 18.2 Å². The van der Waals surface area contributed by atoms with Crippen molar-refractivity contribution in [2.24, 2.45) is 0 Å². The lowest BCUT2D eigenvalue weighted by Gasteiger charge is -2.05. The molecule has 0 aliphatic heterocycles. The molecular weight excluding hydrogens is 303 g/mol. The van der Waals surface area contributed by atoms with Crippen LogP contribution in [-0.4, -0.2) is 16.5 Å². The number of halogens is 2. The Morgan fingerprint density at radius 1 is 1.32 bits per heavy atom. The van der Waals surface area contributed by atoms with Gasteiger partial charge in [0.25, 0.3) is 0 Å². The van der Waals surface area contributed by atoms with Crippen LogP contribution < -0.4 is 5.73 Å². The van der Waals surface area contributed by atoms with Crippen LogP contribution in [0.1, 0.15) is 10.4 Å². The predicted octanol–water partition coefficient (Wildman–Crippen LogP) is 3.95. The first-order valence-electron chi connectivity index (χ1n) is 5.39. The number of Topliss-reactive ketones (excluding diaryl/α,β-unsaturated/α-hetero) is 1. The van der Waals surface area contributed by atoms with Crippen LogP contribution in [0.3, 0.4) is 0 Å². The van der Waals surface area contributed by atoms with E-state index in [1.165, 1.54) is 24.0 Å². The summed E-state index contributed by atoms with van der Waals surface area (Å²) in [5, 5.41) is 1.01. The summed E-state index contributed by atoms with van der Waals surface area (Å²) < 4.78 is 0. The predicted molar refractivity (Wildman–Crippen MR) is 80.2 cm³/mol. The zero-order valence-electron chi connectivity index (χ0n) is 9.77. The molecule has 0 radical (unpaired) electrons. The van der Waals surface area contributed by atoms with E-state index in [4.69, 9.17) is 28.9 Å². The lowest BCUT2D eigenvalue weighted by atomic mass is 10.2. The Morgan fingerprint density at radius 3 is 2.79 bits per heavy atom. The largest absolute Gasteiger partial charge is 0.383 e. The molecule has 0 unspecified atom stereocenters. The van der Waals surface area contributed by atoms with Crippen molar-refractivity contribution in [3.8, 4) is 0 Å². The average molecular weight is 313 g/mol. The lowest BCUT2D eigenvalue weighted by molar-refractivity contribution is 0.102. The van der Waals surface area contributed by atoms with Gasteiger partial charge < -0.3 is 5.73 Å². The van der Waals surface area contributed by atoms with E-state index in [2.05, 4.69) is 4.98 Å². The monoisotopic (exact) mass is 312 g/mol. The van der Waals surface area contributed by atoms with E-state index >= 15 is 0 Å². The Hall–Kier alpha value is -1.23. The van der Waals surface area contributed by atoms with Crippen molar-refractivity contribution in [1.82, 2.24) is 4.98 Å². The number of hydrogen-bond donors (Lipinski definition) is 1. The zero-order valence-corrected chi connectivity index (χ0v) is 12.1. The first kappa shape index (κ1) is 14.2. The Bertz CT molecular complexity index is 619. The summed E-state index contributed by atoms with van der Waals surface area (Å²) >= 11 is 13.2. The van der Waals surface area contributed by atoms with Crippen molar-refractivity contribution in [1.29, 1.82) is 0 Å². The topological polar surface area (TPSA) is 56.0 Å². The number of nitrogens with zero attached hydrogens (tertiary/aromatic N) is 1. The second kappa shape index (κ2) is 6.28. The first-order chi connectivity index (χ1) is 9.08.